The normalized spacial score (nSPS) is 12.0. The van der Waals surface area contributed by atoms with Crippen LogP contribution in [-0.2, 0) is 26.0 Å². The van der Waals surface area contributed by atoms with E-state index < -0.39 is 28.5 Å². The highest BCUT2D eigenvalue weighted by atomic mass is 32.2. The maximum Gasteiger partial charge on any atom is 0.264 e. The van der Waals surface area contributed by atoms with Crippen molar-refractivity contribution in [1.29, 1.82) is 0 Å². The number of hydrogen-bond acceptors (Lipinski definition) is 4. The molecule has 0 aliphatic heterocycles. The second-order valence-electron chi connectivity index (χ2n) is 9.90. The van der Waals surface area contributed by atoms with Crippen LogP contribution in [0.1, 0.15) is 42.5 Å². The highest BCUT2D eigenvalue weighted by Crippen LogP contribution is 2.28. The summed E-state index contributed by atoms with van der Waals surface area (Å²) in [6.07, 6.45) is 1.30. The Labute approximate surface area is 232 Å². The van der Waals surface area contributed by atoms with Gasteiger partial charge in [0.2, 0.25) is 11.8 Å². The van der Waals surface area contributed by atoms with E-state index in [-0.39, 0.29) is 17.3 Å². The van der Waals surface area contributed by atoms with Gasteiger partial charge in [0.25, 0.3) is 10.0 Å². The molecule has 3 aromatic rings. The van der Waals surface area contributed by atoms with Crippen LogP contribution in [0.5, 0.6) is 0 Å². The number of carbonyl (C=O) groups excluding carboxylic acids is 2. The van der Waals surface area contributed by atoms with Crippen molar-refractivity contribution in [2.24, 2.45) is 0 Å². The molecule has 8 heteroatoms. The van der Waals surface area contributed by atoms with Crippen molar-refractivity contribution in [3.63, 3.8) is 0 Å². The SMILES string of the molecule is CCCNC(=O)[C@@H](C)N(CCc1ccccc1)C(=O)CN(c1cc(C)ccc1C)S(=O)(=O)c1ccc(C)cc1. The fourth-order valence-corrected chi connectivity index (χ4v) is 5.78. The number of rotatable bonds is 12. The molecule has 0 aliphatic carbocycles. The number of carbonyl (C=O) groups is 2. The summed E-state index contributed by atoms with van der Waals surface area (Å²) in [5, 5.41) is 2.86. The molecule has 3 aromatic carbocycles. The number of amides is 2. The van der Waals surface area contributed by atoms with Crippen molar-refractivity contribution < 1.29 is 18.0 Å². The van der Waals surface area contributed by atoms with E-state index in [0.717, 1.165) is 28.7 Å². The molecular formula is C31H39N3O4S. The third-order valence-corrected chi connectivity index (χ3v) is 8.50. The summed E-state index contributed by atoms with van der Waals surface area (Å²) in [4.78, 5) is 28.5. The molecule has 0 radical (unpaired) electrons. The highest BCUT2D eigenvalue weighted by Gasteiger charge is 2.33. The minimum absolute atomic E-state index is 0.103. The average molecular weight is 550 g/mol. The molecule has 0 saturated heterocycles. The third-order valence-electron chi connectivity index (χ3n) is 6.72. The lowest BCUT2D eigenvalue weighted by Crippen LogP contribution is -2.52. The van der Waals surface area contributed by atoms with Crippen molar-refractivity contribution in [2.45, 2.75) is 58.4 Å². The smallest absolute Gasteiger partial charge is 0.264 e. The van der Waals surface area contributed by atoms with Crippen LogP contribution in [0.2, 0.25) is 0 Å². The number of anilines is 1. The first-order chi connectivity index (χ1) is 18.5. The number of nitrogens with zero attached hydrogens (tertiary/aromatic N) is 2. The predicted molar refractivity (Wildman–Crippen MR) is 156 cm³/mol. The lowest BCUT2D eigenvalue weighted by Gasteiger charge is -2.32. The molecule has 0 saturated carbocycles. The first kappa shape index (κ1) is 29.9. The molecule has 2 amide bonds. The molecule has 0 spiro atoms. The molecule has 0 fully saturated rings. The van der Waals surface area contributed by atoms with E-state index in [2.05, 4.69) is 5.32 Å². The maximum atomic E-state index is 14.0. The van der Waals surface area contributed by atoms with E-state index in [1.165, 1.54) is 9.21 Å². The molecule has 0 unspecified atom stereocenters. The average Bonchev–Trinajstić information content (AvgIpc) is 2.92. The van der Waals surface area contributed by atoms with E-state index in [9.17, 15) is 18.0 Å². The Morgan fingerprint density at radius 3 is 2.18 bits per heavy atom. The maximum absolute atomic E-state index is 14.0. The van der Waals surface area contributed by atoms with Crippen molar-refractivity contribution in [1.82, 2.24) is 10.2 Å². The Balaban J connectivity index is 2.01. The van der Waals surface area contributed by atoms with Gasteiger partial charge >= 0.3 is 0 Å². The monoisotopic (exact) mass is 549 g/mol. The van der Waals surface area contributed by atoms with Crippen LogP contribution in [0.15, 0.2) is 77.7 Å². The van der Waals surface area contributed by atoms with Crippen molar-refractivity contribution >= 4 is 27.5 Å². The molecule has 3 rings (SSSR count). The van der Waals surface area contributed by atoms with Crippen LogP contribution in [0.25, 0.3) is 0 Å². The van der Waals surface area contributed by atoms with Crippen molar-refractivity contribution in [2.75, 3.05) is 23.9 Å². The number of nitrogens with one attached hydrogen (secondary N) is 1. The summed E-state index contributed by atoms with van der Waals surface area (Å²) in [5.74, 6) is -0.709. The van der Waals surface area contributed by atoms with Crippen LogP contribution in [0.3, 0.4) is 0 Å². The van der Waals surface area contributed by atoms with E-state index in [1.54, 1.807) is 37.3 Å². The first-order valence-electron chi connectivity index (χ1n) is 13.3. The van der Waals surface area contributed by atoms with Crippen LogP contribution < -0.4 is 9.62 Å². The van der Waals surface area contributed by atoms with Gasteiger partial charge in [0.05, 0.1) is 10.6 Å². The highest BCUT2D eigenvalue weighted by molar-refractivity contribution is 7.92. The summed E-state index contributed by atoms with van der Waals surface area (Å²) in [6, 6.07) is 21.1. The standard InChI is InChI=1S/C31H39N3O4S/c1-6-19-32-31(36)26(5)33(20-18-27-10-8-7-9-11-27)30(35)22-34(29-21-24(3)12-15-25(29)4)39(37,38)28-16-13-23(2)14-17-28/h7-17,21,26H,6,18-20,22H2,1-5H3,(H,32,36)/t26-/m1/s1. The zero-order chi connectivity index (χ0) is 28.6. The van der Waals surface area contributed by atoms with Gasteiger partial charge in [-0.05, 0) is 75.4 Å². The second-order valence-corrected chi connectivity index (χ2v) is 11.8. The van der Waals surface area contributed by atoms with Gasteiger partial charge in [-0.3, -0.25) is 13.9 Å². The molecule has 1 atom stereocenters. The van der Waals surface area contributed by atoms with Crippen LogP contribution in [-0.4, -0.2) is 50.8 Å². The zero-order valence-electron chi connectivity index (χ0n) is 23.5. The molecule has 1 N–H and O–H groups in total. The van der Waals surface area contributed by atoms with Gasteiger partial charge in [0, 0.05) is 13.1 Å². The molecule has 0 heterocycles. The summed E-state index contributed by atoms with van der Waals surface area (Å²) in [5.41, 5.74) is 4.00. The molecular weight excluding hydrogens is 510 g/mol. The third kappa shape index (κ3) is 7.69. The zero-order valence-corrected chi connectivity index (χ0v) is 24.3. The van der Waals surface area contributed by atoms with Crippen molar-refractivity contribution in [3.05, 3.63) is 95.1 Å². The van der Waals surface area contributed by atoms with E-state index in [1.807, 2.05) is 70.2 Å². The Bertz CT molecular complexity index is 1370. The molecule has 0 aromatic heterocycles. The van der Waals surface area contributed by atoms with Gasteiger partial charge in [-0.15, -0.1) is 0 Å². The summed E-state index contributed by atoms with van der Waals surface area (Å²) in [6.45, 7) is 9.58. The summed E-state index contributed by atoms with van der Waals surface area (Å²) >= 11 is 0. The van der Waals surface area contributed by atoms with Gasteiger partial charge < -0.3 is 10.2 Å². The van der Waals surface area contributed by atoms with Crippen LogP contribution >= 0.6 is 0 Å². The predicted octanol–water partition coefficient (Wildman–Crippen LogP) is 4.79. The fraction of sp³-hybridized carbons (Fsp3) is 0.355. The minimum Gasteiger partial charge on any atom is -0.354 e. The number of sulfonamides is 1. The van der Waals surface area contributed by atoms with Crippen LogP contribution in [0, 0.1) is 20.8 Å². The van der Waals surface area contributed by atoms with E-state index in [0.29, 0.717) is 18.7 Å². The lowest BCUT2D eigenvalue weighted by molar-refractivity contribution is -0.138. The summed E-state index contributed by atoms with van der Waals surface area (Å²) in [7, 11) is -4.08. The molecule has 0 bridgehead atoms. The first-order valence-corrected chi connectivity index (χ1v) is 14.8. The van der Waals surface area contributed by atoms with Crippen LogP contribution in [0.4, 0.5) is 5.69 Å². The largest absolute Gasteiger partial charge is 0.354 e. The minimum atomic E-state index is -4.08. The van der Waals surface area contributed by atoms with Gasteiger partial charge in [-0.1, -0.05) is 67.1 Å². The number of aryl methyl sites for hydroxylation is 3. The van der Waals surface area contributed by atoms with Gasteiger partial charge in [-0.2, -0.15) is 0 Å². The quantitative estimate of drug-likeness (QED) is 0.352. The van der Waals surface area contributed by atoms with E-state index >= 15 is 0 Å². The lowest BCUT2D eigenvalue weighted by atomic mass is 10.1. The van der Waals surface area contributed by atoms with E-state index in [4.69, 9.17) is 0 Å². The topological polar surface area (TPSA) is 86.8 Å². The van der Waals surface area contributed by atoms with Gasteiger partial charge in [0.15, 0.2) is 0 Å². The van der Waals surface area contributed by atoms with Gasteiger partial charge in [0.1, 0.15) is 12.6 Å². The molecule has 7 nitrogen and oxygen atoms in total. The number of benzene rings is 3. The number of hydrogen-bond donors (Lipinski definition) is 1. The Hall–Kier alpha value is -3.65. The Morgan fingerprint density at radius 1 is 0.897 bits per heavy atom. The Kier molecular flexibility index (Phi) is 10.3. The van der Waals surface area contributed by atoms with Crippen molar-refractivity contribution in [3.8, 4) is 0 Å². The fourth-order valence-electron chi connectivity index (χ4n) is 4.30. The molecule has 208 valence electrons. The molecule has 0 aliphatic rings. The molecule has 39 heavy (non-hydrogen) atoms. The Morgan fingerprint density at radius 2 is 1.54 bits per heavy atom. The summed E-state index contributed by atoms with van der Waals surface area (Å²) < 4.78 is 29.1. The second kappa shape index (κ2) is 13.4. The van der Waals surface area contributed by atoms with Gasteiger partial charge in [-0.25, -0.2) is 8.42 Å².